The number of imidazole rings is 1. The molecule has 0 unspecified atom stereocenters. The minimum Gasteiger partial charge on any atom is -0.351 e. The lowest BCUT2D eigenvalue weighted by atomic mass is 9.91. The van der Waals surface area contributed by atoms with Crippen LogP contribution in [0.1, 0.15) is 31.2 Å². The molecule has 25 heavy (non-hydrogen) atoms. The second-order valence-electron chi connectivity index (χ2n) is 6.80. The summed E-state index contributed by atoms with van der Waals surface area (Å²) in [5.74, 6) is 0.576. The van der Waals surface area contributed by atoms with Gasteiger partial charge in [-0.2, -0.15) is 0 Å². The zero-order valence-corrected chi connectivity index (χ0v) is 14.2. The number of para-hydroxylation sites is 2. The molecule has 3 N–H and O–H groups in total. The van der Waals surface area contributed by atoms with E-state index in [4.69, 9.17) is 10.7 Å². The number of fused-ring (bicyclic) bond motifs is 1. The van der Waals surface area contributed by atoms with Gasteiger partial charge >= 0.3 is 0 Å². The number of halogens is 1. The molecule has 1 aromatic heterocycles. The summed E-state index contributed by atoms with van der Waals surface area (Å²) in [5.41, 5.74) is 8.85. The predicted molar refractivity (Wildman–Crippen MR) is 99.1 cm³/mol. The predicted octanol–water partition coefficient (Wildman–Crippen LogP) is 3.91. The van der Waals surface area contributed by atoms with Gasteiger partial charge in [0.25, 0.3) is 0 Å². The fourth-order valence-electron chi connectivity index (χ4n) is 3.65. The highest BCUT2D eigenvalue weighted by molar-refractivity contribution is 5.78. The summed E-state index contributed by atoms with van der Waals surface area (Å²) < 4.78 is 16.2. The van der Waals surface area contributed by atoms with E-state index in [9.17, 15) is 4.39 Å². The molecule has 1 aliphatic rings. The van der Waals surface area contributed by atoms with Crippen molar-refractivity contribution in [3.63, 3.8) is 0 Å². The molecule has 2 aromatic carbocycles. The van der Waals surface area contributed by atoms with Crippen LogP contribution >= 0.6 is 0 Å². The van der Waals surface area contributed by atoms with Crippen LogP contribution in [0.15, 0.2) is 48.5 Å². The summed E-state index contributed by atoms with van der Waals surface area (Å²) >= 11 is 0. The van der Waals surface area contributed by atoms with Gasteiger partial charge < -0.3 is 15.6 Å². The maximum Gasteiger partial charge on any atom is 0.204 e. The summed E-state index contributed by atoms with van der Waals surface area (Å²) in [6.45, 7) is 0.442. The Morgan fingerprint density at radius 3 is 2.68 bits per heavy atom. The van der Waals surface area contributed by atoms with E-state index in [1.165, 1.54) is 18.9 Å². The van der Waals surface area contributed by atoms with Crippen molar-refractivity contribution < 1.29 is 4.39 Å². The minimum atomic E-state index is -0.194. The number of benzene rings is 2. The molecule has 4 rings (SSSR count). The van der Waals surface area contributed by atoms with Crippen molar-refractivity contribution in [2.24, 2.45) is 5.73 Å². The highest BCUT2D eigenvalue weighted by atomic mass is 19.1. The summed E-state index contributed by atoms with van der Waals surface area (Å²) in [7, 11) is 0. The van der Waals surface area contributed by atoms with Crippen LogP contribution in [0.5, 0.6) is 0 Å². The van der Waals surface area contributed by atoms with Crippen molar-refractivity contribution in [1.82, 2.24) is 9.55 Å². The van der Waals surface area contributed by atoms with Gasteiger partial charge in [-0.1, -0.05) is 43.2 Å². The van der Waals surface area contributed by atoms with E-state index in [0.29, 0.717) is 12.1 Å². The summed E-state index contributed by atoms with van der Waals surface area (Å²) in [6.07, 6.45) is 4.44. The van der Waals surface area contributed by atoms with Crippen molar-refractivity contribution in [1.29, 1.82) is 0 Å². The van der Waals surface area contributed by atoms with Gasteiger partial charge in [0.05, 0.1) is 17.6 Å². The van der Waals surface area contributed by atoms with Gasteiger partial charge in [-0.05, 0) is 31.0 Å². The van der Waals surface area contributed by atoms with Crippen molar-refractivity contribution in [2.75, 3.05) is 5.32 Å². The molecule has 0 saturated heterocycles. The van der Waals surface area contributed by atoms with Gasteiger partial charge in [-0.25, -0.2) is 9.37 Å². The molecule has 0 amide bonds. The lowest BCUT2D eigenvalue weighted by Crippen LogP contribution is -2.43. The van der Waals surface area contributed by atoms with Crippen molar-refractivity contribution >= 4 is 17.0 Å². The average Bonchev–Trinajstić information content (AvgIpc) is 2.96. The normalized spacial score (nSPS) is 20.7. The standard InChI is InChI=1S/C20H23FN4/c21-15-8-2-1-7-14(15)13-25-19-12-6-5-11-18(19)24-20(25)23-17-10-4-3-9-16(17)22/h1-2,5-8,11-12,16-17H,3-4,9-10,13,22H2,(H,23,24)/t16-,17-/m0/s1. The molecular weight excluding hydrogens is 315 g/mol. The molecular formula is C20H23FN4. The molecule has 130 valence electrons. The molecule has 0 spiro atoms. The third kappa shape index (κ3) is 3.24. The fraction of sp³-hybridized carbons (Fsp3) is 0.350. The maximum absolute atomic E-state index is 14.2. The number of nitrogens with two attached hydrogens (primary N) is 1. The molecule has 4 nitrogen and oxygen atoms in total. The van der Waals surface area contributed by atoms with Gasteiger partial charge in [0, 0.05) is 17.6 Å². The Kier molecular flexibility index (Phi) is 4.40. The van der Waals surface area contributed by atoms with Crippen molar-refractivity contribution in [3.8, 4) is 0 Å². The Bertz CT molecular complexity index is 873. The number of nitrogens with one attached hydrogen (secondary N) is 1. The zero-order valence-electron chi connectivity index (χ0n) is 14.2. The second kappa shape index (κ2) is 6.84. The van der Waals surface area contributed by atoms with Crippen LogP contribution in [-0.2, 0) is 6.54 Å². The van der Waals surface area contributed by atoms with Crippen LogP contribution in [0, 0.1) is 5.82 Å². The summed E-state index contributed by atoms with van der Waals surface area (Å²) in [5, 5.41) is 3.53. The lowest BCUT2D eigenvalue weighted by Gasteiger charge is -2.29. The monoisotopic (exact) mass is 338 g/mol. The van der Waals surface area contributed by atoms with E-state index in [1.54, 1.807) is 6.07 Å². The molecule has 0 aliphatic heterocycles. The SMILES string of the molecule is N[C@H]1CCCC[C@@H]1Nc1nc2ccccc2n1Cc1ccccc1F. The topological polar surface area (TPSA) is 55.9 Å². The smallest absolute Gasteiger partial charge is 0.204 e. The van der Waals surface area contributed by atoms with Crippen LogP contribution in [0.3, 0.4) is 0 Å². The fourth-order valence-corrected chi connectivity index (χ4v) is 3.65. The van der Waals surface area contributed by atoms with E-state index >= 15 is 0 Å². The third-order valence-electron chi connectivity index (χ3n) is 5.07. The minimum absolute atomic E-state index is 0.135. The quantitative estimate of drug-likeness (QED) is 0.758. The maximum atomic E-state index is 14.2. The van der Waals surface area contributed by atoms with E-state index in [-0.39, 0.29) is 17.9 Å². The first-order valence-corrected chi connectivity index (χ1v) is 8.93. The number of aromatic nitrogens is 2. The molecule has 0 bridgehead atoms. The van der Waals surface area contributed by atoms with Crippen LogP contribution < -0.4 is 11.1 Å². The third-order valence-corrected chi connectivity index (χ3v) is 5.07. The van der Waals surface area contributed by atoms with Gasteiger partial charge in [0.2, 0.25) is 5.95 Å². The van der Waals surface area contributed by atoms with Crippen molar-refractivity contribution in [2.45, 2.75) is 44.3 Å². The number of hydrogen-bond donors (Lipinski definition) is 2. The van der Waals surface area contributed by atoms with Crippen LogP contribution in [0.25, 0.3) is 11.0 Å². The van der Waals surface area contributed by atoms with Gasteiger partial charge in [-0.3, -0.25) is 0 Å². The number of anilines is 1. The van der Waals surface area contributed by atoms with Crippen LogP contribution in [-0.4, -0.2) is 21.6 Å². The first-order valence-electron chi connectivity index (χ1n) is 8.93. The Morgan fingerprint density at radius 2 is 1.84 bits per heavy atom. The average molecular weight is 338 g/mol. The largest absolute Gasteiger partial charge is 0.351 e. The molecule has 3 aromatic rings. The van der Waals surface area contributed by atoms with E-state index in [1.807, 2.05) is 36.4 Å². The van der Waals surface area contributed by atoms with E-state index in [0.717, 1.165) is 29.8 Å². The van der Waals surface area contributed by atoms with Crippen molar-refractivity contribution in [3.05, 3.63) is 59.9 Å². The molecule has 1 heterocycles. The first kappa shape index (κ1) is 16.1. The molecule has 1 saturated carbocycles. The summed E-state index contributed by atoms with van der Waals surface area (Å²) in [6, 6.07) is 15.2. The van der Waals surface area contributed by atoms with E-state index in [2.05, 4.69) is 9.88 Å². The second-order valence-corrected chi connectivity index (χ2v) is 6.80. The Morgan fingerprint density at radius 1 is 1.08 bits per heavy atom. The highest BCUT2D eigenvalue weighted by Crippen LogP contribution is 2.25. The number of hydrogen-bond acceptors (Lipinski definition) is 3. The lowest BCUT2D eigenvalue weighted by molar-refractivity contribution is 0.401. The molecule has 1 aliphatic carbocycles. The first-order chi connectivity index (χ1) is 12.2. The Balaban J connectivity index is 1.72. The molecule has 0 radical (unpaired) electrons. The molecule has 2 atom stereocenters. The zero-order chi connectivity index (χ0) is 17.2. The molecule has 1 fully saturated rings. The Hall–Kier alpha value is -2.40. The van der Waals surface area contributed by atoms with Gasteiger partial charge in [0.15, 0.2) is 0 Å². The number of rotatable bonds is 4. The summed E-state index contributed by atoms with van der Waals surface area (Å²) in [4.78, 5) is 4.74. The van der Waals surface area contributed by atoms with Gasteiger partial charge in [0.1, 0.15) is 5.82 Å². The number of nitrogens with zero attached hydrogens (tertiary/aromatic N) is 2. The Labute approximate surface area is 146 Å². The van der Waals surface area contributed by atoms with Crippen LogP contribution in [0.2, 0.25) is 0 Å². The van der Waals surface area contributed by atoms with Crippen LogP contribution in [0.4, 0.5) is 10.3 Å². The molecule has 5 heteroatoms. The van der Waals surface area contributed by atoms with Gasteiger partial charge in [-0.15, -0.1) is 0 Å². The van der Waals surface area contributed by atoms with E-state index < -0.39 is 0 Å². The highest BCUT2D eigenvalue weighted by Gasteiger charge is 2.24.